The third-order valence-electron chi connectivity index (χ3n) is 25.0. The van der Waals surface area contributed by atoms with Crippen LogP contribution in [0.4, 0.5) is 34.1 Å². The van der Waals surface area contributed by atoms with Crippen molar-refractivity contribution in [1.29, 1.82) is 0 Å². The van der Waals surface area contributed by atoms with Gasteiger partial charge in [0, 0.05) is 79.6 Å². The molecular formula is C119H82N2O2. The smallest absolute Gasteiger partial charge is 0.137 e. The van der Waals surface area contributed by atoms with Crippen LogP contribution in [0.15, 0.2) is 470 Å². The Morgan fingerprint density at radius 1 is 0.220 bits per heavy atom. The molecule has 0 N–H and O–H groups in total. The topological polar surface area (TPSA) is 32.8 Å². The van der Waals surface area contributed by atoms with Gasteiger partial charge < -0.3 is 18.6 Å². The van der Waals surface area contributed by atoms with Crippen molar-refractivity contribution in [3.05, 3.63) is 517 Å². The SMILES string of the molecule is C1=CC2c3ccc(-c4ccc(C(c5ccccc5)(c5ccccc5)c5ccc(-c6ccc(C=Cc7ccc8c(c7)oc7cc(N(c9ccccc9)c9ccccc9)ccc78)cc6)cc5)cc4)cc3-c3c(-c4ccccc4)c(-c4ccc(C=Cc5ccc6c(c5)oc5cc(N(c7ccccc7)c7ccccc7)ccc56)cc4)cc(-c4ccccc4)c3C2C=C1. The summed E-state index contributed by atoms with van der Waals surface area (Å²) in [4.78, 5) is 4.54. The number of para-hydroxylation sites is 4. The molecule has 123 heavy (non-hydrogen) atoms. The molecule has 0 radical (unpaired) electrons. The molecule has 2 unspecified atom stereocenters. The van der Waals surface area contributed by atoms with Crippen LogP contribution in [0.1, 0.15) is 67.5 Å². The van der Waals surface area contributed by atoms with Crippen molar-refractivity contribution in [3.63, 3.8) is 0 Å². The Hall–Kier alpha value is -15.9. The van der Waals surface area contributed by atoms with Gasteiger partial charge in [0.1, 0.15) is 22.3 Å². The molecule has 2 aliphatic rings. The number of rotatable bonds is 19. The Morgan fingerprint density at radius 3 is 1.00 bits per heavy atom. The number of furan rings is 2. The lowest BCUT2D eigenvalue weighted by molar-refractivity contribution is 0.668. The van der Waals surface area contributed by atoms with Crippen LogP contribution in [0.25, 0.3) is 135 Å². The Balaban J connectivity index is 0.578. The van der Waals surface area contributed by atoms with Crippen molar-refractivity contribution >= 4 is 102 Å². The van der Waals surface area contributed by atoms with Crippen molar-refractivity contribution in [3.8, 4) is 66.8 Å². The third kappa shape index (κ3) is 13.7. The fourth-order valence-electron chi connectivity index (χ4n) is 19.1. The monoisotopic (exact) mass is 1570 g/mol. The van der Waals surface area contributed by atoms with E-state index in [2.05, 4.69) is 495 Å². The van der Waals surface area contributed by atoms with Crippen LogP contribution in [0.2, 0.25) is 0 Å². The second kappa shape index (κ2) is 31.8. The number of anilines is 6. The van der Waals surface area contributed by atoms with E-state index in [1.165, 1.54) is 72.3 Å². The third-order valence-corrected chi connectivity index (χ3v) is 25.0. The molecule has 2 heterocycles. The molecule has 4 heteroatoms. The first-order chi connectivity index (χ1) is 60.9. The van der Waals surface area contributed by atoms with Crippen molar-refractivity contribution in [2.45, 2.75) is 17.3 Å². The number of benzene rings is 18. The van der Waals surface area contributed by atoms with E-state index >= 15 is 0 Å². The second-order valence-corrected chi connectivity index (χ2v) is 32.1. The highest BCUT2D eigenvalue weighted by atomic mass is 16.3. The molecule has 0 spiro atoms. The maximum atomic E-state index is 6.72. The van der Waals surface area contributed by atoms with Gasteiger partial charge in [-0.1, -0.05) is 364 Å². The lowest BCUT2D eigenvalue weighted by atomic mass is 9.64. The number of allylic oxidation sites excluding steroid dienone is 4. The van der Waals surface area contributed by atoms with Gasteiger partial charge in [-0.25, -0.2) is 0 Å². The molecule has 0 bridgehead atoms. The highest BCUT2D eigenvalue weighted by molar-refractivity contribution is 6.09. The van der Waals surface area contributed by atoms with Gasteiger partial charge in [-0.15, -0.1) is 0 Å². The van der Waals surface area contributed by atoms with Crippen molar-refractivity contribution in [1.82, 2.24) is 0 Å². The summed E-state index contributed by atoms with van der Waals surface area (Å²) in [5.74, 6) is 0.231. The van der Waals surface area contributed by atoms with E-state index < -0.39 is 5.41 Å². The van der Waals surface area contributed by atoms with Crippen LogP contribution in [0.5, 0.6) is 0 Å². The fraction of sp³-hybridized carbons (Fsp3) is 0.0252. The van der Waals surface area contributed by atoms with Gasteiger partial charge in [0.15, 0.2) is 0 Å². The molecular weight excluding hydrogens is 1490 g/mol. The molecule has 580 valence electrons. The van der Waals surface area contributed by atoms with Crippen LogP contribution in [0.3, 0.4) is 0 Å². The summed E-state index contributed by atoms with van der Waals surface area (Å²) in [6, 6.07) is 159. The molecule has 2 atom stereocenters. The van der Waals surface area contributed by atoms with Crippen LogP contribution in [0, 0.1) is 0 Å². The molecule has 18 aromatic carbocycles. The summed E-state index contributed by atoms with van der Waals surface area (Å²) in [6.45, 7) is 0. The molecule has 0 fully saturated rings. The summed E-state index contributed by atoms with van der Waals surface area (Å²) in [5, 5.41) is 4.37. The summed E-state index contributed by atoms with van der Waals surface area (Å²) in [7, 11) is 0. The van der Waals surface area contributed by atoms with E-state index in [-0.39, 0.29) is 11.8 Å². The molecule has 2 aromatic heterocycles. The van der Waals surface area contributed by atoms with E-state index in [4.69, 9.17) is 8.83 Å². The standard InChI is InChI=1S/C119H82N2O2/c1-9-27-88(28-10-1)110-80-109(89-57-51-82(52-58-89)46-48-84-54-71-105-107-74-69-101(79-115(107)123-113(105)76-84)121(98-39-21-7-22-40-98)99-41-23-8-24-42-99)116(90-29-11-2-12-30-90)118-111-77-91(63-72-103(111)102-43-25-26-44-108(102)117(110)118)87-61-66-95(67-62-87)119(92-31-13-3-14-32-92,93-33-15-4-16-34-93)94-64-59-86(60-65-94)85-55-49-81(50-56-85)45-47-83-53-70-104-106-73-68-100(78-114(106)122-112(104)75-83)120(96-35-17-5-18-36-96)97-37-19-6-20-38-97/h1-80,102,108H. The van der Waals surface area contributed by atoms with Gasteiger partial charge in [0.25, 0.3) is 0 Å². The first-order valence-electron chi connectivity index (χ1n) is 42.4. The van der Waals surface area contributed by atoms with E-state index in [1.54, 1.807) is 0 Å². The molecule has 0 saturated heterocycles. The zero-order valence-corrected chi connectivity index (χ0v) is 67.6. The summed E-state index contributed by atoms with van der Waals surface area (Å²) < 4.78 is 13.4. The average Bonchev–Trinajstić information content (AvgIpc) is 1.46. The average molecular weight is 1570 g/mol. The van der Waals surface area contributed by atoms with Crippen molar-refractivity contribution in [2.24, 2.45) is 0 Å². The van der Waals surface area contributed by atoms with Gasteiger partial charge in [-0.2, -0.15) is 0 Å². The normalized spacial score (nSPS) is 13.6. The highest BCUT2D eigenvalue weighted by Gasteiger charge is 2.40. The Kier molecular flexibility index (Phi) is 19.0. The maximum absolute atomic E-state index is 6.72. The predicted molar refractivity (Wildman–Crippen MR) is 516 cm³/mol. The Labute approximate surface area is 716 Å². The molecule has 0 amide bonds. The first kappa shape index (κ1) is 73.5. The zero-order valence-electron chi connectivity index (χ0n) is 67.6. The van der Waals surface area contributed by atoms with Crippen LogP contribution >= 0.6 is 0 Å². The minimum absolute atomic E-state index is 0.100. The van der Waals surface area contributed by atoms with Gasteiger partial charge >= 0.3 is 0 Å². The maximum Gasteiger partial charge on any atom is 0.137 e. The number of nitrogens with zero attached hydrogens (tertiary/aromatic N) is 2. The largest absolute Gasteiger partial charge is 0.456 e. The van der Waals surface area contributed by atoms with E-state index in [0.29, 0.717) is 0 Å². The molecule has 4 nitrogen and oxygen atoms in total. The van der Waals surface area contributed by atoms with Gasteiger partial charge in [0.05, 0.1) is 5.41 Å². The van der Waals surface area contributed by atoms with Gasteiger partial charge in [0.2, 0.25) is 0 Å². The second-order valence-electron chi connectivity index (χ2n) is 32.1. The number of hydrogen-bond donors (Lipinski definition) is 0. The van der Waals surface area contributed by atoms with Crippen LogP contribution < -0.4 is 9.80 Å². The summed E-state index contributed by atoms with van der Waals surface area (Å²) in [6.07, 6.45) is 18.1. The van der Waals surface area contributed by atoms with Crippen molar-refractivity contribution < 1.29 is 8.83 Å². The Morgan fingerprint density at radius 2 is 0.553 bits per heavy atom. The van der Waals surface area contributed by atoms with Crippen LogP contribution in [-0.4, -0.2) is 0 Å². The Bertz CT molecular complexity index is 7290. The van der Waals surface area contributed by atoms with E-state index in [9.17, 15) is 0 Å². The summed E-state index contributed by atoms with van der Waals surface area (Å²) >= 11 is 0. The molecule has 20 aromatic rings. The number of fused-ring (bicyclic) bond motifs is 12. The van der Waals surface area contributed by atoms with Gasteiger partial charge in [-0.3, -0.25) is 0 Å². The van der Waals surface area contributed by atoms with Gasteiger partial charge in [-0.05, 0) is 232 Å². The number of hydrogen-bond acceptors (Lipinski definition) is 4. The fourth-order valence-corrected chi connectivity index (χ4v) is 19.1. The minimum Gasteiger partial charge on any atom is -0.456 e. The van der Waals surface area contributed by atoms with Crippen LogP contribution in [-0.2, 0) is 5.41 Å². The summed E-state index contributed by atoms with van der Waals surface area (Å²) in [5.41, 5.74) is 35.3. The van der Waals surface area contributed by atoms with E-state index in [0.717, 1.165) is 128 Å². The predicted octanol–water partition coefficient (Wildman–Crippen LogP) is 32.5. The molecule has 2 aliphatic carbocycles. The lowest BCUT2D eigenvalue weighted by Crippen LogP contribution is -2.31. The van der Waals surface area contributed by atoms with E-state index in [1.807, 2.05) is 0 Å². The molecule has 0 aliphatic heterocycles. The minimum atomic E-state index is -0.671. The first-order valence-corrected chi connectivity index (χ1v) is 42.4. The molecule has 22 rings (SSSR count). The molecule has 0 saturated carbocycles. The lowest BCUT2D eigenvalue weighted by Gasteiger charge is -2.38. The highest BCUT2D eigenvalue weighted by Crippen LogP contribution is 2.59. The van der Waals surface area contributed by atoms with Crippen molar-refractivity contribution in [2.75, 3.05) is 9.80 Å². The quantitative estimate of drug-likeness (QED) is 0.0597. The zero-order chi connectivity index (χ0) is 81.6.